The summed E-state index contributed by atoms with van der Waals surface area (Å²) in [5.74, 6) is 0.152. The van der Waals surface area contributed by atoms with Gasteiger partial charge in [0.15, 0.2) is 5.76 Å². The minimum absolute atomic E-state index is 0.0937. The van der Waals surface area contributed by atoms with E-state index in [1.807, 2.05) is 12.1 Å². The molecule has 0 atom stereocenters. The lowest BCUT2D eigenvalue weighted by molar-refractivity contribution is 0.0947. The maximum absolute atomic E-state index is 12.2. The first-order valence-electron chi connectivity index (χ1n) is 7.71. The van der Waals surface area contributed by atoms with Gasteiger partial charge in [0.2, 0.25) is 0 Å². The maximum Gasteiger partial charge on any atom is 0.254 e. The molecule has 128 valence electrons. The molecule has 3 rings (SSSR count). The van der Waals surface area contributed by atoms with Crippen LogP contribution in [0.2, 0.25) is 10.2 Å². The number of rotatable bonds is 5. The van der Waals surface area contributed by atoms with E-state index in [1.165, 1.54) is 17.8 Å². The Morgan fingerprint density at radius 2 is 1.96 bits per heavy atom. The molecule has 0 unspecified atom stereocenters. The van der Waals surface area contributed by atoms with Gasteiger partial charge >= 0.3 is 0 Å². The van der Waals surface area contributed by atoms with Gasteiger partial charge in [0.1, 0.15) is 10.8 Å². The minimum Gasteiger partial charge on any atom is -0.359 e. The summed E-state index contributed by atoms with van der Waals surface area (Å²) >= 11 is 11.8. The maximum atomic E-state index is 12.2. The van der Waals surface area contributed by atoms with Crippen molar-refractivity contribution in [3.8, 4) is 11.3 Å². The second-order valence-electron chi connectivity index (χ2n) is 5.40. The highest BCUT2D eigenvalue weighted by atomic mass is 35.5. The van der Waals surface area contributed by atoms with E-state index in [0.29, 0.717) is 16.5 Å². The Balaban J connectivity index is 1.67. The van der Waals surface area contributed by atoms with Gasteiger partial charge < -0.3 is 9.84 Å². The molecular weight excluding hydrogens is 361 g/mol. The lowest BCUT2D eigenvalue weighted by atomic mass is 10.1. The monoisotopic (exact) mass is 375 g/mol. The van der Waals surface area contributed by atoms with Gasteiger partial charge in [0.05, 0.1) is 17.1 Å². The molecular formula is C18H15Cl2N3O2. The van der Waals surface area contributed by atoms with Gasteiger partial charge in [-0.1, -0.05) is 59.5 Å². The van der Waals surface area contributed by atoms with E-state index in [-0.39, 0.29) is 23.2 Å². The lowest BCUT2D eigenvalue weighted by Crippen LogP contribution is -2.23. The lowest BCUT2D eigenvalue weighted by Gasteiger charge is -2.04. The molecule has 0 spiro atoms. The first kappa shape index (κ1) is 17.5. The number of carbonyl (C=O) groups is 1. The molecule has 3 aromatic rings. The topological polar surface area (TPSA) is 68.0 Å². The number of halogens is 2. The van der Waals surface area contributed by atoms with E-state index in [4.69, 9.17) is 27.7 Å². The molecule has 1 N–H and O–H groups in total. The average molecular weight is 376 g/mol. The van der Waals surface area contributed by atoms with Crippen LogP contribution in [0.15, 0.2) is 47.1 Å². The molecule has 0 aliphatic rings. The van der Waals surface area contributed by atoms with Crippen LogP contribution >= 0.6 is 23.2 Å². The zero-order chi connectivity index (χ0) is 17.8. The van der Waals surface area contributed by atoms with Crippen molar-refractivity contribution in [2.75, 3.05) is 0 Å². The number of hydrogen-bond acceptors (Lipinski definition) is 4. The summed E-state index contributed by atoms with van der Waals surface area (Å²) in [5, 5.41) is 7.18. The molecule has 0 saturated heterocycles. The number of benzene rings is 1. The van der Waals surface area contributed by atoms with Crippen LogP contribution in [0.1, 0.15) is 28.6 Å². The van der Waals surface area contributed by atoms with Gasteiger partial charge in [-0.15, -0.1) is 0 Å². The number of nitrogens with one attached hydrogen (secondary N) is 1. The third-order valence-electron chi connectivity index (χ3n) is 3.69. The van der Waals surface area contributed by atoms with Gasteiger partial charge in [0.25, 0.3) is 5.91 Å². The van der Waals surface area contributed by atoms with Crippen LogP contribution in [0, 0.1) is 0 Å². The third kappa shape index (κ3) is 4.18. The molecule has 0 aliphatic carbocycles. The Hall–Kier alpha value is -2.37. The summed E-state index contributed by atoms with van der Waals surface area (Å²) in [7, 11) is 0. The van der Waals surface area contributed by atoms with Gasteiger partial charge in [0, 0.05) is 17.8 Å². The van der Waals surface area contributed by atoms with Crippen molar-refractivity contribution < 1.29 is 9.32 Å². The Morgan fingerprint density at radius 1 is 1.20 bits per heavy atom. The quantitative estimate of drug-likeness (QED) is 0.664. The zero-order valence-corrected chi connectivity index (χ0v) is 14.9. The number of amides is 1. The molecule has 7 heteroatoms. The van der Waals surface area contributed by atoms with E-state index in [9.17, 15) is 4.79 Å². The Morgan fingerprint density at radius 3 is 2.68 bits per heavy atom. The van der Waals surface area contributed by atoms with E-state index >= 15 is 0 Å². The molecule has 1 aromatic carbocycles. The SMILES string of the molecule is CCc1ccc(-c2cc(CNC(=O)c3cc(Cl)cnc3Cl)on2)cc1. The fourth-order valence-electron chi connectivity index (χ4n) is 2.29. The van der Waals surface area contributed by atoms with Crippen molar-refractivity contribution in [2.24, 2.45) is 0 Å². The summed E-state index contributed by atoms with van der Waals surface area (Å²) in [5.41, 5.74) is 3.14. The fourth-order valence-corrected chi connectivity index (χ4v) is 2.64. The van der Waals surface area contributed by atoms with Gasteiger partial charge in [-0.25, -0.2) is 4.98 Å². The number of carbonyl (C=O) groups excluding carboxylic acids is 1. The van der Waals surface area contributed by atoms with Crippen LogP contribution in [0.4, 0.5) is 0 Å². The standard InChI is InChI=1S/C18H15Cl2N3O2/c1-2-11-3-5-12(6-4-11)16-8-14(25-23-16)10-22-18(24)15-7-13(19)9-21-17(15)20/h3-9H,2,10H2,1H3,(H,22,24). The van der Waals surface area contributed by atoms with Crippen molar-refractivity contribution in [1.29, 1.82) is 0 Å². The van der Waals surface area contributed by atoms with Crippen LogP contribution < -0.4 is 5.32 Å². The fraction of sp³-hybridized carbons (Fsp3) is 0.167. The van der Waals surface area contributed by atoms with Crippen LogP contribution in [0.25, 0.3) is 11.3 Å². The molecule has 2 aromatic heterocycles. The molecule has 5 nitrogen and oxygen atoms in total. The number of pyridine rings is 1. The largest absolute Gasteiger partial charge is 0.359 e. The second kappa shape index (κ2) is 7.68. The number of hydrogen-bond donors (Lipinski definition) is 1. The zero-order valence-electron chi connectivity index (χ0n) is 13.4. The summed E-state index contributed by atoms with van der Waals surface area (Å²) < 4.78 is 5.28. The van der Waals surface area contributed by atoms with Crippen molar-refractivity contribution in [3.63, 3.8) is 0 Å². The molecule has 0 saturated carbocycles. The van der Waals surface area contributed by atoms with Gasteiger partial charge in [-0.05, 0) is 18.1 Å². The van der Waals surface area contributed by atoms with Crippen molar-refractivity contribution in [3.05, 3.63) is 69.7 Å². The van der Waals surface area contributed by atoms with Crippen molar-refractivity contribution in [1.82, 2.24) is 15.5 Å². The highest BCUT2D eigenvalue weighted by molar-refractivity contribution is 6.34. The number of nitrogens with zero attached hydrogens (tertiary/aromatic N) is 2. The summed E-state index contributed by atoms with van der Waals surface area (Å²) in [6.07, 6.45) is 2.37. The molecule has 2 heterocycles. The van der Waals surface area contributed by atoms with Crippen molar-refractivity contribution >= 4 is 29.1 Å². The molecule has 0 aliphatic heterocycles. The normalized spacial score (nSPS) is 10.7. The first-order valence-corrected chi connectivity index (χ1v) is 8.46. The third-order valence-corrected chi connectivity index (χ3v) is 4.20. The molecule has 1 amide bonds. The summed E-state index contributed by atoms with van der Waals surface area (Å²) in [6.45, 7) is 2.29. The predicted molar refractivity (Wildman–Crippen MR) is 96.7 cm³/mol. The van der Waals surface area contributed by atoms with E-state index < -0.39 is 0 Å². The average Bonchev–Trinajstić information content (AvgIpc) is 3.11. The predicted octanol–water partition coefficient (Wildman–Crippen LogP) is 4.54. The van der Waals surface area contributed by atoms with Crippen LogP contribution in [-0.2, 0) is 13.0 Å². The number of aromatic nitrogens is 2. The Bertz CT molecular complexity index is 892. The van der Waals surface area contributed by atoms with E-state index in [1.54, 1.807) is 6.07 Å². The number of aryl methyl sites for hydroxylation is 1. The van der Waals surface area contributed by atoms with Gasteiger partial charge in [-0.3, -0.25) is 4.79 Å². The molecule has 0 bridgehead atoms. The minimum atomic E-state index is -0.384. The van der Waals surface area contributed by atoms with Crippen LogP contribution in [0.3, 0.4) is 0 Å². The first-order chi connectivity index (χ1) is 12.1. The highest BCUT2D eigenvalue weighted by Gasteiger charge is 2.13. The smallest absolute Gasteiger partial charge is 0.254 e. The van der Waals surface area contributed by atoms with Crippen molar-refractivity contribution in [2.45, 2.75) is 19.9 Å². The van der Waals surface area contributed by atoms with E-state index in [2.05, 4.69) is 34.5 Å². The molecule has 25 heavy (non-hydrogen) atoms. The summed E-state index contributed by atoms with van der Waals surface area (Å²) in [4.78, 5) is 16.0. The molecule has 0 radical (unpaired) electrons. The highest BCUT2D eigenvalue weighted by Crippen LogP contribution is 2.21. The second-order valence-corrected chi connectivity index (χ2v) is 6.20. The van der Waals surface area contributed by atoms with E-state index in [0.717, 1.165) is 12.0 Å². The Kier molecular flexibility index (Phi) is 5.36. The van der Waals surface area contributed by atoms with Crippen LogP contribution in [0.5, 0.6) is 0 Å². The molecule has 0 fully saturated rings. The summed E-state index contributed by atoms with van der Waals surface area (Å²) in [6, 6.07) is 11.4. The van der Waals surface area contributed by atoms with Gasteiger partial charge in [-0.2, -0.15) is 0 Å². The Labute approximate surface area is 155 Å². The van der Waals surface area contributed by atoms with Crippen LogP contribution in [-0.4, -0.2) is 16.0 Å².